The number of nitrogens with one attached hydrogen (secondary N) is 1. The van der Waals surface area contributed by atoms with E-state index in [9.17, 15) is 19.0 Å². The molecule has 404 valence electrons. The van der Waals surface area contributed by atoms with Crippen molar-refractivity contribution in [1.82, 2.24) is 5.32 Å². The lowest BCUT2D eigenvalue weighted by Gasteiger charge is -2.27. The molecule has 0 radical (unpaired) electrons. The van der Waals surface area contributed by atoms with E-state index in [-0.39, 0.29) is 31.5 Å². The van der Waals surface area contributed by atoms with E-state index in [1.807, 2.05) is 33.3 Å². The Morgan fingerprint density at radius 3 is 1.35 bits per heavy atom. The summed E-state index contributed by atoms with van der Waals surface area (Å²) in [4.78, 5) is 37.5. The highest BCUT2D eigenvalue weighted by molar-refractivity contribution is 7.47. The Labute approximate surface area is 427 Å². The normalized spacial score (nSPS) is 14.1. The average Bonchev–Trinajstić information content (AvgIpc) is 3.31. The minimum absolute atomic E-state index is 0.0387. The van der Waals surface area contributed by atoms with Crippen LogP contribution in [0.4, 0.5) is 0 Å². The van der Waals surface area contributed by atoms with Crippen LogP contribution in [0, 0.1) is 0 Å². The van der Waals surface area contributed by atoms with Gasteiger partial charge in [0.25, 0.3) is 0 Å². The summed E-state index contributed by atoms with van der Waals surface area (Å²) in [5, 5.41) is 3.04. The van der Waals surface area contributed by atoms with Crippen molar-refractivity contribution in [2.24, 2.45) is 0 Å². The number of unbranched alkanes of at least 4 members (excludes halogenated alkanes) is 30. The van der Waals surface area contributed by atoms with Crippen molar-refractivity contribution in [3.63, 3.8) is 0 Å². The first-order valence-corrected chi connectivity index (χ1v) is 30.5. The van der Waals surface area contributed by atoms with Gasteiger partial charge in [0.2, 0.25) is 5.91 Å². The zero-order valence-corrected chi connectivity index (χ0v) is 47.0. The standard InChI is InChI=1S/C59H111N2O7P/c1-7-10-13-16-19-22-25-27-28-29-30-31-32-34-37-40-43-46-49-52-59(63)68-57(50-47-44-41-38-35-24-21-18-15-12-9-3)56(55-67-69(64,65)66-54-53-61(4,5)6)60-58(62)51-48-45-42-39-36-33-26-23-20-17-14-11-8-2/h19,22,27-28,30-31,47,50,56-57H,7-18,20-21,23-26,29,32-46,48-49,51-55H2,1-6H3,(H-,60,62,64,65)/p+1/b22-19-,28-27-,31-30-,50-47+. The number of hydrogen-bond acceptors (Lipinski definition) is 6. The van der Waals surface area contributed by atoms with Crippen LogP contribution in [0.25, 0.3) is 0 Å². The molecule has 3 unspecified atom stereocenters. The van der Waals surface area contributed by atoms with Crippen LogP contribution in [0.15, 0.2) is 48.6 Å². The number of hydrogen-bond donors (Lipinski definition) is 2. The zero-order chi connectivity index (χ0) is 50.8. The van der Waals surface area contributed by atoms with E-state index < -0.39 is 20.0 Å². The molecule has 1 amide bonds. The average molecular weight is 993 g/mol. The number of rotatable bonds is 52. The van der Waals surface area contributed by atoms with Crippen molar-refractivity contribution < 1.29 is 37.3 Å². The van der Waals surface area contributed by atoms with Crippen LogP contribution < -0.4 is 5.32 Å². The Morgan fingerprint density at radius 2 is 0.884 bits per heavy atom. The van der Waals surface area contributed by atoms with Gasteiger partial charge in [-0.3, -0.25) is 18.6 Å². The number of likely N-dealkylation sites (N-methyl/N-ethyl adjacent to an activating group) is 1. The van der Waals surface area contributed by atoms with Crippen molar-refractivity contribution in [2.75, 3.05) is 40.9 Å². The van der Waals surface area contributed by atoms with Crippen molar-refractivity contribution in [2.45, 2.75) is 277 Å². The lowest BCUT2D eigenvalue weighted by molar-refractivity contribution is -0.870. The molecule has 0 bridgehead atoms. The first-order valence-electron chi connectivity index (χ1n) is 29.0. The summed E-state index contributed by atoms with van der Waals surface area (Å²) < 4.78 is 30.6. The molecule has 2 N–H and O–H groups in total. The molecule has 0 aromatic carbocycles. The Morgan fingerprint density at radius 1 is 0.507 bits per heavy atom. The van der Waals surface area contributed by atoms with E-state index in [1.54, 1.807) is 0 Å². The van der Waals surface area contributed by atoms with Gasteiger partial charge >= 0.3 is 13.8 Å². The molecule has 0 spiro atoms. The second-order valence-electron chi connectivity index (χ2n) is 20.8. The van der Waals surface area contributed by atoms with Crippen molar-refractivity contribution >= 4 is 19.7 Å². The molecule has 9 nitrogen and oxygen atoms in total. The van der Waals surface area contributed by atoms with Crippen LogP contribution in [0.5, 0.6) is 0 Å². The number of allylic oxidation sites excluding steroid dienone is 7. The van der Waals surface area contributed by atoms with Gasteiger partial charge in [-0.05, 0) is 70.3 Å². The molecule has 0 saturated carbocycles. The van der Waals surface area contributed by atoms with E-state index in [0.29, 0.717) is 17.4 Å². The number of phosphoric ester groups is 1. The summed E-state index contributed by atoms with van der Waals surface area (Å²) in [7, 11) is 1.49. The molecule has 69 heavy (non-hydrogen) atoms. The summed E-state index contributed by atoms with van der Waals surface area (Å²) in [6, 6.07) is -0.849. The number of amides is 1. The maximum Gasteiger partial charge on any atom is 0.472 e. The van der Waals surface area contributed by atoms with Gasteiger partial charge in [0.1, 0.15) is 19.3 Å². The summed E-state index contributed by atoms with van der Waals surface area (Å²) in [5.74, 6) is -0.514. The van der Waals surface area contributed by atoms with Gasteiger partial charge in [0, 0.05) is 12.8 Å². The predicted molar refractivity (Wildman–Crippen MR) is 295 cm³/mol. The van der Waals surface area contributed by atoms with Gasteiger partial charge in [0.15, 0.2) is 0 Å². The third-order valence-corrected chi connectivity index (χ3v) is 13.8. The molecule has 10 heteroatoms. The number of carbonyl (C=O) groups excluding carboxylic acids is 2. The highest BCUT2D eigenvalue weighted by Gasteiger charge is 2.30. The van der Waals surface area contributed by atoms with E-state index in [1.165, 1.54) is 148 Å². The molecule has 0 fully saturated rings. The van der Waals surface area contributed by atoms with Crippen LogP contribution in [0.1, 0.15) is 265 Å². The molecule has 0 heterocycles. The quantitative estimate of drug-likeness (QED) is 0.0205. The van der Waals surface area contributed by atoms with E-state index in [0.717, 1.165) is 83.5 Å². The molecule has 0 saturated heterocycles. The van der Waals surface area contributed by atoms with Crippen LogP contribution in [0.3, 0.4) is 0 Å². The minimum atomic E-state index is -4.44. The molecule has 3 atom stereocenters. The molecule has 0 aromatic heterocycles. The molecule has 0 aliphatic rings. The van der Waals surface area contributed by atoms with Crippen LogP contribution in [-0.4, -0.2) is 74.3 Å². The van der Waals surface area contributed by atoms with E-state index >= 15 is 0 Å². The smallest absolute Gasteiger partial charge is 0.456 e. The second kappa shape index (κ2) is 49.5. The lowest BCUT2D eigenvalue weighted by Crippen LogP contribution is -2.47. The highest BCUT2D eigenvalue weighted by Crippen LogP contribution is 2.43. The van der Waals surface area contributed by atoms with Gasteiger partial charge in [0.05, 0.1) is 33.8 Å². The van der Waals surface area contributed by atoms with Gasteiger partial charge in [-0.2, -0.15) is 0 Å². The van der Waals surface area contributed by atoms with E-state index in [2.05, 4.69) is 62.5 Å². The Hall–Kier alpha value is -2.03. The van der Waals surface area contributed by atoms with Gasteiger partial charge in [-0.1, -0.05) is 230 Å². The number of nitrogens with zero attached hydrogens (tertiary/aromatic N) is 1. The summed E-state index contributed by atoms with van der Waals surface area (Å²) in [5.41, 5.74) is 0. The predicted octanol–water partition coefficient (Wildman–Crippen LogP) is 17.3. The monoisotopic (exact) mass is 992 g/mol. The number of carbonyl (C=O) groups is 2. The maximum absolute atomic E-state index is 13.5. The van der Waals surface area contributed by atoms with Crippen LogP contribution >= 0.6 is 7.82 Å². The Bertz CT molecular complexity index is 1330. The number of phosphoric acid groups is 1. The number of quaternary nitrogens is 1. The number of esters is 1. The molecule has 0 aliphatic carbocycles. The van der Waals surface area contributed by atoms with E-state index in [4.69, 9.17) is 13.8 Å². The summed E-state index contributed by atoms with van der Waals surface area (Å²) >= 11 is 0. The van der Waals surface area contributed by atoms with Crippen molar-refractivity contribution in [3.8, 4) is 0 Å². The van der Waals surface area contributed by atoms with Gasteiger partial charge in [-0.15, -0.1) is 0 Å². The fourth-order valence-corrected chi connectivity index (χ4v) is 8.98. The minimum Gasteiger partial charge on any atom is -0.456 e. The molecule has 0 aromatic rings. The molecular formula is C59H112N2O7P+. The topological polar surface area (TPSA) is 111 Å². The SMILES string of the molecule is CCCCC/C=C\C/C=C\C/C=C\CCCCCCCCC(=O)OC(/C=C/CCCCCCCCCCC)C(COP(=O)(O)OCC[N+](C)(C)C)NC(=O)CCCCCCCCCCCCCCC. The summed E-state index contributed by atoms with van der Waals surface area (Å²) in [6.45, 7) is 6.98. The largest absolute Gasteiger partial charge is 0.472 e. The van der Waals surface area contributed by atoms with Gasteiger partial charge < -0.3 is 19.4 Å². The third-order valence-electron chi connectivity index (χ3n) is 12.8. The van der Waals surface area contributed by atoms with Gasteiger partial charge in [-0.25, -0.2) is 4.57 Å². The first-order chi connectivity index (χ1) is 33.4. The highest BCUT2D eigenvalue weighted by atomic mass is 31.2. The first kappa shape index (κ1) is 67.0. The summed E-state index contributed by atoms with van der Waals surface area (Å²) in [6.07, 6.45) is 59.5. The third kappa shape index (κ3) is 50.7. The van der Waals surface area contributed by atoms with Crippen LogP contribution in [-0.2, 0) is 27.9 Å². The second-order valence-corrected chi connectivity index (χ2v) is 22.3. The Balaban J connectivity index is 5.30. The molecule has 0 aliphatic heterocycles. The fourth-order valence-electron chi connectivity index (χ4n) is 8.24. The molecule has 0 rings (SSSR count). The Kier molecular flexibility index (Phi) is 48.1. The van der Waals surface area contributed by atoms with Crippen molar-refractivity contribution in [1.29, 1.82) is 0 Å². The molecular weight excluding hydrogens is 880 g/mol. The number of ether oxygens (including phenoxy) is 1. The van der Waals surface area contributed by atoms with Crippen molar-refractivity contribution in [3.05, 3.63) is 48.6 Å². The van der Waals surface area contributed by atoms with Crippen LogP contribution in [0.2, 0.25) is 0 Å². The maximum atomic E-state index is 13.5. The lowest BCUT2D eigenvalue weighted by atomic mass is 10.0. The zero-order valence-electron chi connectivity index (χ0n) is 46.1. The fraction of sp³-hybridized carbons (Fsp3) is 0.831.